The lowest BCUT2D eigenvalue weighted by Gasteiger charge is -2.27. The third kappa shape index (κ3) is 6.38. The van der Waals surface area contributed by atoms with Gasteiger partial charge in [-0.15, -0.1) is 0 Å². The molecule has 0 radical (unpaired) electrons. The highest BCUT2D eigenvalue weighted by Crippen LogP contribution is 2.49. The van der Waals surface area contributed by atoms with Crippen molar-refractivity contribution in [1.29, 1.82) is 0 Å². The number of alkyl halides is 6. The predicted octanol–water partition coefficient (Wildman–Crippen LogP) is 8.19. The zero-order chi connectivity index (χ0) is 25.8. The Labute approximate surface area is 199 Å². The highest BCUT2D eigenvalue weighted by Gasteiger charge is 2.48. The smallest absolute Gasteiger partial charge is 0.420 e. The van der Waals surface area contributed by atoms with E-state index in [2.05, 4.69) is 6.08 Å². The molecule has 0 spiro atoms. The van der Waals surface area contributed by atoms with E-state index in [-0.39, 0.29) is 12.2 Å². The SMILES string of the molecule is C/C=C/C1CCC(c2ccc(C(=O)Oc3ccc(OCC)c(C(F)(F)F)c3C(F)(F)F)cc2)CC1. The summed E-state index contributed by atoms with van der Waals surface area (Å²) in [6.45, 7) is 3.06. The largest absolute Gasteiger partial charge is 0.493 e. The van der Waals surface area contributed by atoms with Crippen LogP contribution in [0.15, 0.2) is 48.6 Å². The fraction of sp³-hybridized carbons (Fsp3) is 0.423. The number of rotatable bonds is 6. The fourth-order valence-corrected chi connectivity index (χ4v) is 4.46. The number of halogens is 6. The first-order valence-corrected chi connectivity index (χ1v) is 11.3. The van der Waals surface area contributed by atoms with Crippen LogP contribution < -0.4 is 9.47 Å². The van der Waals surface area contributed by atoms with Gasteiger partial charge in [0.2, 0.25) is 0 Å². The summed E-state index contributed by atoms with van der Waals surface area (Å²) in [6.07, 6.45) is -2.57. The molecule has 0 atom stereocenters. The van der Waals surface area contributed by atoms with Gasteiger partial charge < -0.3 is 9.47 Å². The Morgan fingerprint density at radius 1 is 0.886 bits per heavy atom. The maximum atomic E-state index is 13.7. The van der Waals surface area contributed by atoms with Gasteiger partial charge in [-0.25, -0.2) is 4.79 Å². The van der Waals surface area contributed by atoms with E-state index in [1.165, 1.54) is 19.1 Å². The van der Waals surface area contributed by atoms with E-state index in [1.807, 2.05) is 13.0 Å². The van der Waals surface area contributed by atoms with Crippen molar-refractivity contribution in [2.45, 2.75) is 57.8 Å². The summed E-state index contributed by atoms with van der Waals surface area (Å²) >= 11 is 0. The molecule has 0 saturated heterocycles. The number of esters is 1. The monoisotopic (exact) mass is 500 g/mol. The van der Waals surface area contributed by atoms with Gasteiger partial charge in [-0.2, -0.15) is 26.3 Å². The molecule has 0 amide bonds. The number of ether oxygens (including phenoxy) is 2. The number of carbonyl (C=O) groups is 1. The molecule has 0 bridgehead atoms. The molecule has 3 rings (SSSR count). The van der Waals surface area contributed by atoms with Gasteiger partial charge in [0, 0.05) is 0 Å². The van der Waals surface area contributed by atoms with Crippen molar-refractivity contribution in [2.75, 3.05) is 6.61 Å². The van der Waals surface area contributed by atoms with Crippen LogP contribution in [0.2, 0.25) is 0 Å². The number of hydrogen-bond donors (Lipinski definition) is 0. The number of benzene rings is 2. The van der Waals surface area contributed by atoms with E-state index in [9.17, 15) is 31.1 Å². The molecule has 3 nitrogen and oxygen atoms in total. The first-order valence-electron chi connectivity index (χ1n) is 11.3. The van der Waals surface area contributed by atoms with Crippen LogP contribution >= 0.6 is 0 Å². The van der Waals surface area contributed by atoms with E-state index in [0.717, 1.165) is 37.3 Å². The van der Waals surface area contributed by atoms with E-state index in [1.54, 1.807) is 12.1 Å². The van der Waals surface area contributed by atoms with Crippen molar-refractivity contribution in [3.8, 4) is 11.5 Å². The third-order valence-electron chi connectivity index (χ3n) is 6.05. The third-order valence-corrected chi connectivity index (χ3v) is 6.05. The highest BCUT2D eigenvalue weighted by atomic mass is 19.4. The van der Waals surface area contributed by atoms with Crippen LogP contribution in [0.25, 0.3) is 0 Å². The lowest BCUT2D eigenvalue weighted by atomic mass is 9.78. The van der Waals surface area contributed by atoms with Crippen LogP contribution in [0.1, 0.15) is 72.5 Å². The molecular weight excluding hydrogens is 474 g/mol. The summed E-state index contributed by atoms with van der Waals surface area (Å²) < 4.78 is 91.4. The second-order valence-electron chi connectivity index (χ2n) is 8.39. The Hall–Kier alpha value is -2.97. The Balaban J connectivity index is 1.84. The molecule has 9 heteroatoms. The topological polar surface area (TPSA) is 35.5 Å². The average Bonchev–Trinajstić information content (AvgIpc) is 2.79. The van der Waals surface area contributed by atoms with Crippen LogP contribution in [0, 0.1) is 5.92 Å². The second-order valence-corrected chi connectivity index (χ2v) is 8.39. The lowest BCUT2D eigenvalue weighted by molar-refractivity contribution is -0.163. The molecule has 0 N–H and O–H groups in total. The van der Waals surface area contributed by atoms with Gasteiger partial charge in [0.1, 0.15) is 22.6 Å². The zero-order valence-corrected chi connectivity index (χ0v) is 19.3. The molecular formula is C26H26F6O3. The predicted molar refractivity (Wildman–Crippen MR) is 119 cm³/mol. The van der Waals surface area contributed by atoms with Crippen LogP contribution in [-0.2, 0) is 12.4 Å². The van der Waals surface area contributed by atoms with E-state index in [0.29, 0.717) is 17.9 Å². The van der Waals surface area contributed by atoms with E-state index < -0.39 is 40.9 Å². The molecule has 1 saturated carbocycles. The zero-order valence-electron chi connectivity index (χ0n) is 19.3. The summed E-state index contributed by atoms with van der Waals surface area (Å²) in [7, 11) is 0. The minimum Gasteiger partial charge on any atom is -0.493 e. The average molecular weight is 500 g/mol. The highest BCUT2D eigenvalue weighted by molar-refractivity contribution is 5.91. The van der Waals surface area contributed by atoms with Gasteiger partial charge in [-0.3, -0.25) is 0 Å². The molecule has 0 aromatic heterocycles. The van der Waals surface area contributed by atoms with Gasteiger partial charge in [0.25, 0.3) is 0 Å². The van der Waals surface area contributed by atoms with Gasteiger partial charge in [-0.05, 0) is 81.2 Å². The molecule has 0 heterocycles. The van der Waals surface area contributed by atoms with Crippen molar-refractivity contribution in [3.05, 3.63) is 70.8 Å². The summed E-state index contributed by atoms with van der Waals surface area (Å²) in [5.41, 5.74) is -3.19. The van der Waals surface area contributed by atoms with E-state index >= 15 is 0 Å². The fourth-order valence-electron chi connectivity index (χ4n) is 4.46. The summed E-state index contributed by atoms with van der Waals surface area (Å²) in [5, 5.41) is 0. The first-order chi connectivity index (χ1) is 16.5. The maximum absolute atomic E-state index is 13.7. The minimum atomic E-state index is -5.44. The summed E-state index contributed by atoms with van der Waals surface area (Å²) in [6, 6.07) is 7.64. The molecule has 1 aliphatic carbocycles. The molecule has 0 aliphatic heterocycles. The Kier molecular flexibility index (Phi) is 8.18. The number of allylic oxidation sites excluding steroid dienone is 2. The quantitative estimate of drug-likeness (QED) is 0.174. The standard InChI is InChI=1S/C26H26F6O3/c1-3-5-16-6-8-17(9-7-16)18-10-12-19(13-11-18)24(33)35-21-15-14-20(34-4-2)22(25(27,28)29)23(21)26(30,31)32/h3,5,10-17H,4,6-9H2,1-2H3/b5-3+. The van der Waals surface area contributed by atoms with Gasteiger partial charge in [0.15, 0.2) is 0 Å². The minimum absolute atomic E-state index is 0.0630. The lowest BCUT2D eigenvalue weighted by Crippen LogP contribution is -2.21. The summed E-state index contributed by atoms with van der Waals surface area (Å²) in [5.74, 6) is -2.55. The van der Waals surface area contributed by atoms with Crippen LogP contribution in [-0.4, -0.2) is 12.6 Å². The Bertz CT molecular complexity index is 1050. The van der Waals surface area contributed by atoms with Crippen LogP contribution in [0.5, 0.6) is 11.5 Å². The maximum Gasteiger partial charge on any atom is 0.420 e. The molecule has 1 fully saturated rings. The molecule has 1 aliphatic rings. The number of carbonyl (C=O) groups excluding carboxylic acids is 1. The second kappa shape index (κ2) is 10.7. The molecule has 190 valence electrons. The molecule has 35 heavy (non-hydrogen) atoms. The number of hydrogen-bond acceptors (Lipinski definition) is 3. The van der Waals surface area contributed by atoms with E-state index in [4.69, 9.17) is 9.47 Å². The molecule has 2 aromatic rings. The van der Waals surface area contributed by atoms with Crippen LogP contribution in [0.4, 0.5) is 26.3 Å². The first kappa shape index (κ1) is 26.6. The van der Waals surface area contributed by atoms with Crippen molar-refractivity contribution in [2.24, 2.45) is 5.92 Å². The molecule has 2 aromatic carbocycles. The summed E-state index contributed by atoms with van der Waals surface area (Å²) in [4.78, 5) is 12.6. The van der Waals surface area contributed by atoms with Crippen molar-refractivity contribution in [3.63, 3.8) is 0 Å². The van der Waals surface area contributed by atoms with Gasteiger partial charge in [0.05, 0.1) is 12.2 Å². The molecule has 0 unspecified atom stereocenters. The van der Waals surface area contributed by atoms with Crippen LogP contribution in [0.3, 0.4) is 0 Å². The van der Waals surface area contributed by atoms with Crippen molar-refractivity contribution >= 4 is 5.97 Å². The van der Waals surface area contributed by atoms with Gasteiger partial charge >= 0.3 is 18.3 Å². The van der Waals surface area contributed by atoms with Crippen molar-refractivity contribution < 1.29 is 40.6 Å². The Morgan fingerprint density at radius 3 is 1.94 bits per heavy atom. The Morgan fingerprint density at radius 2 is 1.43 bits per heavy atom. The normalized spacial score (nSPS) is 19.1. The van der Waals surface area contributed by atoms with Crippen molar-refractivity contribution in [1.82, 2.24) is 0 Å². The van der Waals surface area contributed by atoms with Gasteiger partial charge in [-0.1, -0.05) is 24.3 Å².